The van der Waals surface area contributed by atoms with Crippen LogP contribution in [0.2, 0.25) is 10.0 Å². The Hall–Kier alpha value is -3.10. The number of hydrogen-bond acceptors (Lipinski definition) is 5. The van der Waals surface area contributed by atoms with E-state index in [0.717, 1.165) is 25.2 Å². The minimum atomic E-state index is -3.03. The van der Waals surface area contributed by atoms with E-state index >= 15 is 0 Å². The lowest BCUT2D eigenvalue weighted by Gasteiger charge is -2.21. The lowest BCUT2D eigenvalue weighted by molar-refractivity contribution is -0.605. The Morgan fingerprint density at radius 3 is 2.37 bits per heavy atom. The Morgan fingerprint density at radius 2 is 1.74 bits per heavy atom. The largest absolute Gasteiger partial charge is 0.619 e. The standard InChI is InChI=1S/C25H21Cl2F2NO5/c26-19-12-30(32)13-20(27)18(19)11-22(34-24(31)16-4-2-1-3-5-16)17-8-9-21(35-25(28)29)23(10-17)33-14-15-6-7-15/h1-5,8-10,12-13,15,22,25H,6-7,11,14H2/t22-/m0/s1. The molecule has 0 unspecified atom stereocenters. The van der Waals surface area contributed by atoms with Crippen LogP contribution >= 0.6 is 23.2 Å². The molecule has 1 heterocycles. The number of carbonyl (C=O) groups is 1. The summed E-state index contributed by atoms with van der Waals surface area (Å²) < 4.78 is 42.5. The summed E-state index contributed by atoms with van der Waals surface area (Å²) in [6.45, 7) is -2.67. The Kier molecular flexibility index (Phi) is 7.93. The number of hydrogen-bond donors (Lipinski definition) is 0. The summed E-state index contributed by atoms with van der Waals surface area (Å²) >= 11 is 12.5. The van der Waals surface area contributed by atoms with E-state index in [1.54, 1.807) is 30.3 Å². The molecule has 1 aliphatic rings. The Morgan fingerprint density at radius 1 is 1.06 bits per heavy atom. The molecule has 0 spiro atoms. The van der Waals surface area contributed by atoms with Gasteiger partial charge in [-0.25, -0.2) is 4.79 Å². The van der Waals surface area contributed by atoms with Crippen LogP contribution in [0.25, 0.3) is 0 Å². The van der Waals surface area contributed by atoms with Crippen molar-refractivity contribution >= 4 is 29.2 Å². The Balaban J connectivity index is 1.68. The molecule has 1 aromatic heterocycles. The first-order valence-electron chi connectivity index (χ1n) is 10.8. The average molecular weight is 524 g/mol. The molecule has 0 N–H and O–H groups in total. The number of rotatable bonds is 10. The predicted octanol–water partition coefficient (Wildman–Crippen LogP) is 6.16. The highest BCUT2D eigenvalue weighted by atomic mass is 35.5. The van der Waals surface area contributed by atoms with Gasteiger partial charge in [0.05, 0.1) is 12.2 Å². The first-order chi connectivity index (χ1) is 16.8. The van der Waals surface area contributed by atoms with Gasteiger partial charge in [-0.3, -0.25) is 0 Å². The average Bonchev–Trinajstić information content (AvgIpc) is 3.64. The van der Waals surface area contributed by atoms with Crippen LogP contribution in [0.4, 0.5) is 8.78 Å². The van der Waals surface area contributed by atoms with Crippen molar-refractivity contribution < 1.29 is 32.5 Å². The molecule has 10 heteroatoms. The van der Waals surface area contributed by atoms with Crippen molar-refractivity contribution in [3.05, 3.63) is 92.9 Å². The van der Waals surface area contributed by atoms with Crippen LogP contribution in [-0.2, 0) is 11.2 Å². The number of aromatic nitrogens is 1. The second kappa shape index (κ2) is 11.1. The second-order valence-corrected chi connectivity index (χ2v) is 8.91. The molecular formula is C25H21Cl2F2NO5. The van der Waals surface area contributed by atoms with Crippen LogP contribution in [0.5, 0.6) is 11.5 Å². The number of benzene rings is 2. The SMILES string of the molecule is O=C(O[C@@H](Cc1c(Cl)c[n+]([O-])cc1Cl)c1ccc(OC(F)F)c(OCC2CC2)c1)c1ccccc1. The molecule has 3 aromatic rings. The molecule has 4 rings (SSSR count). The van der Waals surface area contributed by atoms with Gasteiger partial charge in [-0.1, -0.05) is 47.5 Å². The van der Waals surface area contributed by atoms with E-state index in [1.807, 2.05) is 0 Å². The minimum absolute atomic E-state index is 0.0220. The van der Waals surface area contributed by atoms with Gasteiger partial charge in [0.2, 0.25) is 0 Å². The third-order valence-electron chi connectivity index (χ3n) is 5.43. The van der Waals surface area contributed by atoms with Crippen LogP contribution in [0.1, 0.15) is 40.4 Å². The predicted molar refractivity (Wildman–Crippen MR) is 125 cm³/mol. The molecule has 0 radical (unpaired) electrons. The van der Waals surface area contributed by atoms with E-state index < -0.39 is 18.7 Å². The van der Waals surface area contributed by atoms with Crippen molar-refractivity contribution in [3.63, 3.8) is 0 Å². The number of ether oxygens (including phenoxy) is 3. The lowest BCUT2D eigenvalue weighted by Crippen LogP contribution is -2.25. The number of alkyl halides is 2. The zero-order valence-corrected chi connectivity index (χ0v) is 19.8. The zero-order chi connectivity index (χ0) is 24.9. The maximum absolute atomic E-state index is 12.9. The molecule has 0 saturated heterocycles. The molecule has 6 nitrogen and oxygen atoms in total. The summed E-state index contributed by atoms with van der Waals surface area (Å²) in [4.78, 5) is 12.9. The van der Waals surface area contributed by atoms with Crippen molar-refractivity contribution in [2.75, 3.05) is 6.61 Å². The maximum Gasteiger partial charge on any atom is 0.387 e. The Bertz CT molecular complexity index is 1170. The summed E-state index contributed by atoms with van der Waals surface area (Å²) in [5, 5.41) is 11.8. The van der Waals surface area contributed by atoms with E-state index in [9.17, 15) is 18.8 Å². The van der Waals surface area contributed by atoms with Crippen LogP contribution in [0.3, 0.4) is 0 Å². The van der Waals surface area contributed by atoms with E-state index in [2.05, 4.69) is 4.74 Å². The highest BCUT2D eigenvalue weighted by Crippen LogP contribution is 2.38. The highest BCUT2D eigenvalue weighted by molar-refractivity contribution is 6.35. The van der Waals surface area contributed by atoms with Crippen molar-refractivity contribution in [3.8, 4) is 11.5 Å². The monoisotopic (exact) mass is 523 g/mol. The summed E-state index contributed by atoms with van der Waals surface area (Å²) in [5.74, 6) is -0.254. The first kappa shape index (κ1) is 25.0. The number of carbonyl (C=O) groups excluding carboxylic acids is 1. The van der Waals surface area contributed by atoms with E-state index in [1.165, 1.54) is 18.2 Å². The van der Waals surface area contributed by atoms with Crippen molar-refractivity contribution in [1.29, 1.82) is 0 Å². The molecule has 1 saturated carbocycles. The molecular weight excluding hydrogens is 503 g/mol. The minimum Gasteiger partial charge on any atom is -0.619 e. The van der Waals surface area contributed by atoms with Gasteiger partial charge in [0, 0.05) is 12.0 Å². The molecule has 1 atom stereocenters. The van der Waals surface area contributed by atoms with Crippen LogP contribution in [0.15, 0.2) is 60.9 Å². The van der Waals surface area contributed by atoms with Crippen LogP contribution in [0, 0.1) is 11.1 Å². The number of pyridine rings is 1. The fourth-order valence-corrected chi connectivity index (χ4v) is 4.03. The maximum atomic E-state index is 12.9. The summed E-state index contributed by atoms with van der Waals surface area (Å²) in [6.07, 6.45) is 3.39. The van der Waals surface area contributed by atoms with Crippen molar-refractivity contribution in [1.82, 2.24) is 0 Å². The highest BCUT2D eigenvalue weighted by Gasteiger charge is 2.26. The summed E-state index contributed by atoms with van der Waals surface area (Å²) in [6, 6.07) is 12.7. The van der Waals surface area contributed by atoms with Crippen LogP contribution in [-0.4, -0.2) is 19.2 Å². The molecule has 1 aliphatic carbocycles. The quantitative estimate of drug-likeness (QED) is 0.181. The third-order valence-corrected chi connectivity index (χ3v) is 6.08. The number of nitrogens with zero attached hydrogens (tertiary/aromatic N) is 1. The molecule has 35 heavy (non-hydrogen) atoms. The molecule has 2 aromatic carbocycles. The number of esters is 1. The molecule has 0 bridgehead atoms. The lowest BCUT2D eigenvalue weighted by atomic mass is 10.0. The van der Waals surface area contributed by atoms with Gasteiger partial charge in [0.15, 0.2) is 23.9 Å². The van der Waals surface area contributed by atoms with E-state index in [0.29, 0.717) is 33.9 Å². The van der Waals surface area contributed by atoms with Gasteiger partial charge >= 0.3 is 12.6 Å². The van der Waals surface area contributed by atoms with Gasteiger partial charge in [-0.2, -0.15) is 13.5 Å². The zero-order valence-electron chi connectivity index (χ0n) is 18.3. The second-order valence-electron chi connectivity index (χ2n) is 8.10. The summed E-state index contributed by atoms with van der Waals surface area (Å²) in [7, 11) is 0. The first-order valence-corrected chi connectivity index (χ1v) is 11.6. The number of halogens is 4. The van der Waals surface area contributed by atoms with Crippen molar-refractivity contribution in [2.24, 2.45) is 5.92 Å². The van der Waals surface area contributed by atoms with Gasteiger partial charge in [0.1, 0.15) is 16.1 Å². The van der Waals surface area contributed by atoms with Gasteiger partial charge in [-0.15, -0.1) is 0 Å². The van der Waals surface area contributed by atoms with E-state index in [4.69, 9.17) is 32.7 Å². The molecule has 0 amide bonds. The third kappa shape index (κ3) is 6.74. The molecule has 184 valence electrons. The smallest absolute Gasteiger partial charge is 0.387 e. The van der Waals surface area contributed by atoms with E-state index in [-0.39, 0.29) is 28.0 Å². The normalized spacial score (nSPS) is 14.0. The molecule has 1 fully saturated rings. The Labute approximate surface area is 210 Å². The topological polar surface area (TPSA) is 71.7 Å². The fraction of sp³-hybridized carbons (Fsp3) is 0.280. The summed E-state index contributed by atoms with van der Waals surface area (Å²) in [5.41, 5.74) is 1.16. The van der Waals surface area contributed by atoms with Crippen LogP contribution < -0.4 is 14.2 Å². The fourth-order valence-electron chi connectivity index (χ4n) is 3.43. The van der Waals surface area contributed by atoms with Crippen molar-refractivity contribution in [2.45, 2.75) is 32.0 Å². The van der Waals surface area contributed by atoms with Gasteiger partial charge in [-0.05, 0) is 48.6 Å². The van der Waals surface area contributed by atoms with Gasteiger partial charge in [0.25, 0.3) is 0 Å². The van der Waals surface area contributed by atoms with Gasteiger partial charge < -0.3 is 19.4 Å². The molecule has 0 aliphatic heterocycles.